The van der Waals surface area contributed by atoms with Crippen LogP contribution in [0.2, 0.25) is 0 Å². The lowest BCUT2D eigenvalue weighted by atomic mass is 10.1. The quantitative estimate of drug-likeness (QED) is 0.0608. The van der Waals surface area contributed by atoms with E-state index in [2.05, 4.69) is 199 Å². The van der Waals surface area contributed by atoms with E-state index in [4.69, 9.17) is 19.8 Å². The van der Waals surface area contributed by atoms with Gasteiger partial charge in [0.15, 0.2) is 0 Å². The second-order valence-electron chi connectivity index (χ2n) is 29.3. The molecule has 0 bridgehead atoms. The molecule has 0 aliphatic rings. The van der Waals surface area contributed by atoms with Crippen LogP contribution < -0.4 is 4.74 Å². The van der Waals surface area contributed by atoms with Crippen LogP contribution in [0.15, 0.2) is 396 Å². The van der Waals surface area contributed by atoms with E-state index in [-0.39, 0.29) is 32.1 Å². The van der Waals surface area contributed by atoms with Crippen molar-refractivity contribution >= 4 is 128 Å². The molecular formula is C112H91N11O6. The molecule has 17 heteroatoms. The van der Waals surface area contributed by atoms with E-state index >= 15 is 0 Å². The van der Waals surface area contributed by atoms with Crippen LogP contribution in [0.5, 0.6) is 11.5 Å². The SMILES string of the molecule is C.C.COC(=O)c1ccc(/C=C/c2cccc(-n3cnc4ccccc43)c2)cc1.COc1ccc(/C=C/c2cccc(-n3cnc4ccccc43)c2)cc1.N#Cc1ccc(/C=C/c2cccc(-n3cnc4ccccc43)c2)cc1.O=C(O)c1ccc(/C=C/c2cccc(-n3cnc4ccccc43)c2)cc1.Oc1ccc(/C=C/c2cccc(-n3cnc4ccccc43)c2)cc1. The van der Waals surface area contributed by atoms with E-state index in [1.54, 1.807) is 55.6 Å². The Morgan fingerprint density at radius 3 is 0.791 bits per heavy atom. The van der Waals surface area contributed by atoms with Crippen molar-refractivity contribution in [2.24, 2.45) is 0 Å². The first-order chi connectivity index (χ1) is 62.4. The lowest BCUT2D eigenvalue weighted by Gasteiger charge is -2.05. The van der Waals surface area contributed by atoms with Crippen molar-refractivity contribution < 1.29 is 29.3 Å². The number of hydrogen-bond acceptors (Lipinski definition) is 11. The van der Waals surface area contributed by atoms with Crippen LogP contribution in [-0.2, 0) is 4.74 Å². The first kappa shape index (κ1) is 87.7. The van der Waals surface area contributed by atoms with Crippen LogP contribution in [0.4, 0.5) is 0 Å². The minimum atomic E-state index is -0.916. The van der Waals surface area contributed by atoms with Crippen LogP contribution in [0.25, 0.3) is 144 Å². The standard InChI is InChI=1S/C23H18N2O2.C22H15N3.C22H16N2O2.C22H18N2O.C21H16N2O.2CH4/c1-27-23(26)19-13-11-17(12-14-19)9-10-18-5-4-6-20(15-18)25-16-24-21-7-2-3-8-22(21)25;23-15-19-12-9-17(10-13-19)8-11-18-4-3-5-20(14-18)25-16-24-21-6-1-2-7-22(21)25;25-22(26)18-12-10-16(11-13-18)8-9-17-4-3-5-19(14-17)24-15-23-20-6-1-2-7-21(20)24;1-25-20-13-11-17(12-14-20)9-10-18-5-4-6-19(15-18)24-16-23-21-7-2-3-8-22(21)24;24-19-12-10-16(11-13-19)8-9-17-4-3-5-18(14-17)23-15-22-20-6-1-2-7-21(20)23;;/h2-16H,1H3;1-14,16H;1-15H,(H,25,26);2-16H,1H3;1-15,24H;2*1H4/b10-9+;11-8+;9-8+;10-9+;9-8+;;. The third kappa shape index (κ3) is 22.3. The first-order valence-corrected chi connectivity index (χ1v) is 40.9. The van der Waals surface area contributed by atoms with Gasteiger partial charge in [-0.2, -0.15) is 5.26 Å². The number of rotatable bonds is 18. The topological polar surface area (TPSA) is 206 Å². The zero-order valence-electron chi connectivity index (χ0n) is 69.2. The zero-order chi connectivity index (χ0) is 87.1. The number of benzene rings is 15. The minimum Gasteiger partial charge on any atom is -0.508 e. The molecule has 0 aliphatic carbocycles. The summed E-state index contributed by atoms with van der Waals surface area (Å²) in [6.45, 7) is 0. The fraction of sp³-hybridized carbons (Fsp3) is 0.0357. The van der Waals surface area contributed by atoms with Gasteiger partial charge >= 0.3 is 11.9 Å². The molecule has 630 valence electrons. The second-order valence-corrected chi connectivity index (χ2v) is 29.3. The number of methoxy groups -OCH3 is 2. The summed E-state index contributed by atoms with van der Waals surface area (Å²) in [5.41, 5.74) is 28.0. The predicted octanol–water partition coefficient (Wildman–Crippen LogP) is 26.3. The third-order valence-corrected chi connectivity index (χ3v) is 20.9. The van der Waals surface area contributed by atoms with Crippen molar-refractivity contribution in [3.63, 3.8) is 0 Å². The highest BCUT2D eigenvalue weighted by atomic mass is 16.5. The molecule has 0 saturated carbocycles. The van der Waals surface area contributed by atoms with E-state index < -0.39 is 5.97 Å². The number of imidazole rings is 5. The third-order valence-electron chi connectivity index (χ3n) is 20.9. The number of hydrogen-bond donors (Lipinski definition) is 2. The van der Waals surface area contributed by atoms with Gasteiger partial charge in [-0.1, -0.05) is 258 Å². The van der Waals surface area contributed by atoms with Crippen LogP contribution in [0.1, 0.15) is 96.8 Å². The molecule has 0 spiro atoms. The van der Waals surface area contributed by atoms with Gasteiger partial charge in [-0.25, -0.2) is 34.5 Å². The van der Waals surface area contributed by atoms with Gasteiger partial charge in [-0.15, -0.1) is 0 Å². The molecule has 0 amide bonds. The highest BCUT2D eigenvalue weighted by molar-refractivity contribution is 5.91. The van der Waals surface area contributed by atoms with E-state index in [1.807, 2.05) is 262 Å². The highest BCUT2D eigenvalue weighted by Crippen LogP contribution is 2.28. The van der Waals surface area contributed by atoms with E-state index in [1.165, 1.54) is 7.11 Å². The van der Waals surface area contributed by atoms with Gasteiger partial charge in [0.25, 0.3) is 0 Å². The summed E-state index contributed by atoms with van der Waals surface area (Å²) in [4.78, 5) is 44.7. The summed E-state index contributed by atoms with van der Waals surface area (Å²) in [5, 5.41) is 27.1. The number of carbonyl (C=O) groups excluding carboxylic acids is 1. The van der Waals surface area contributed by atoms with Crippen LogP contribution in [0.3, 0.4) is 0 Å². The van der Waals surface area contributed by atoms with Crippen molar-refractivity contribution in [3.8, 4) is 46.0 Å². The lowest BCUT2D eigenvalue weighted by Crippen LogP contribution is -2.00. The molecule has 0 aliphatic heterocycles. The fourth-order valence-electron chi connectivity index (χ4n) is 14.2. The Bertz CT molecular complexity index is 7430. The Labute approximate surface area is 748 Å². The van der Waals surface area contributed by atoms with E-state index in [0.717, 1.165) is 145 Å². The maximum absolute atomic E-state index is 11.5. The summed E-state index contributed by atoms with van der Waals surface area (Å²) >= 11 is 0. The number of carboxylic acids is 1. The molecule has 5 heterocycles. The maximum Gasteiger partial charge on any atom is 0.337 e. The molecule has 2 N–H and O–H groups in total. The second kappa shape index (κ2) is 42.4. The summed E-state index contributed by atoms with van der Waals surface area (Å²) in [7, 11) is 3.06. The molecule has 15 aromatic carbocycles. The Hall–Kier alpha value is -17.6. The van der Waals surface area contributed by atoms with Crippen molar-refractivity contribution in [3.05, 3.63) is 468 Å². The number of aromatic carboxylic acids is 1. The lowest BCUT2D eigenvalue weighted by molar-refractivity contribution is 0.0599. The van der Waals surface area contributed by atoms with Gasteiger partial charge < -0.3 is 19.7 Å². The first-order valence-electron chi connectivity index (χ1n) is 40.9. The molecular weight excluding hydrogens is 1600 g/mol. The Morgan fingerprint density at radius 2 is 0.535 bits per heavy atom. The number of ether oxygens (including phenoxy) is 2. The van der Waals surface area contributed by atoms with Gasteiger partial charge in [-0.3, -0.25) is 22.8 Å². The molecule has 129 heavy (non-hydrogen) atoms. The molecule has 0 radical (unpaired) electrons. The number of esters is 1. The summed E-state index contributed by atoms with van der Waals surface area (Å²) in [5.74, 6) is -0.0983. The molecule has 20 aromatic rings. The number of aromatic nitrogens is 10. The number of carbonyl (C=O) groups is 2. The average Bonchev–Trinajstić information content (AvgIpc) is 1.69. The largest absolute Gasteiger partial charge is 0.508 e. The van der Waals surface area contributed by atoms with E-state index in [9.17, 15) is 14.7 Å². The molecule has 17 nitrogen and oxygen atoms in total. The monoisotopic (exact) mass is 1690 g/mol. The average molecular weight is 1690 g/mol. The zero-order valence-corrected chi connectivity index (χ0v) is 69.2. The number of nitriles is 1. The van der Waals surface area contributed by atoms with Crippen molar-refractivity contribution in [2.75, 3.05) is 14.2 Å². The molecule has 5 aromatic heterocycles. The van der Waals surface area contributed by atoms with Gasteiger partial charge in [0.1, 0.15) is 43.1 Å². The molecule has 0 unspecified atom stereocenters. The van der Waals surface area contributed by atoms with Crippen LogP contribution in [0, 0.1) is 11.3 Å². The summed E-state index contributed by atoms with van der Waals surface area (Å²) < 4.78 is 20.3. The van der Waals surface area contributed by atoms with Crippen molar-refractivity contribution in [1.29, 1.82) is 5.26 Å². The normalized spacial score (nSPS) is 11.0. The molecule has 0 atom stereocenters. The van der Waals surface area contributed by atoms with E-state index in [0.29, 0.717) is 11.1 Å². The van der Waals surface area contributed by atoms with Crippen molar-refractivity contribution in [1.82, 2.24) is 47.8 Å². The number of fused-ring (bicyclic) bond motifs is 5. The molecule has 0 saturated heterocycles. The number of aromatic hydroxyl groups is 1. The smallest absolute Gasteiger partial charge is 0.337 e. The maximum atomic E-state index is 11.5. The van der Waals surface area contributed by atoms with Gasteiger partial charge in [-0.05, 0) is 238 Å². The summed E-state index contributed by atoms with van der Waals surface area (Å²) in [6, 6.07) is 121. The number of carboxylic acid groups (broad SMARTS) is 1. The number of phenolic OH excluding ortho intramolecular Hbond substituents is 1. The number of phenols is 1. The number of nitrogens with zero attached hydrogens (tertiary/aromatic N) is 11. The van der Waals surface area contributed by atoms with Crippen LogP contribution in [-0.4, -0.2) is 84.1 Å². The van der Waals surface area contributed by atoms with Crippen LogP contribution >= 0.6 is 0 Å². The Morgan fingerprint density at radius 1 is 0.295 bits per heavy atom. The Balaban J connectivity index is 0.000000130. The number of para-hydroxylation sites is 10. The van der Waals surface area contributed by atoms with Gasteiger partial charge in [0.2, 0.25) is 0 Å². The molecule has 20 rings (SSSR count). The minimum absolute atomic E-state index is 0. The predicted molar refractivity (Wildman–Crippen MR) is 527 cm³/mol. The van der Waals surface area contributed by atoms with Gasteiger partial charge in [0, 0.05) is 28.4 Å². The summed E-state index contributed by atoms with van der Waals surface area (Å²) in [6.07, 6.45) is 29.7. The fourth-order valence-corrected chi connectivity index (χ4v) is 14.2. The highest BCUT2D eigenvalue weighted by Gasteiger charge is 2.12. The van der Waals surface area contributed by atoms with Gasteiger partial charge in [0.05, 0.1) is 92.1 Å². The Kier molecular flexibility index (Phi) is 28.9. The molecule has 0 fully saturated rings. The van der Waals surface area contributed by atoms with Crippen molar-refractivity contribution in [2.45, 2.75) is 14.9 Å².